The second kappa shape index (κ2) is 3.56. The highest BCUT2D eigenvalue weighted by molar-refractivity contribution is 6.43. The highest BCUT2D eigenvalue weighted by Gasteiger charge is 2.27. The van der Waals surface area contributed by atoms with E-state index in [0.717, 1.165) is 10.8 Å². The van der Waals surface area contributed by atoms with Crippen LogP contribution in [0, 0.1) is 0 Å². The standard InChI is InChI=1S/C13H6Cl2O2/c14-10-3-6-1-8-9(13(17)5-12(8)16)2-7(6)4-11(10)15/h1-4H,5H2. The minimum Gasteiger partial charge on any atom is -0.294 e. The van der Waals surface area contributed by atoms with Gasteiger partial charge in [0.25, 0.3) is 0 Å². The van der Waals surface area contributed by atoms with Crippen molar-refractivity contribution >= 4 is 45.5 Å². The van der Waals surface area contributed by atoms with Crippen molar-refractivity contribution in [1.82, 2.24) is 0 Å². The molecule has 1 aliphatic rings. The van der Waals surface area contributed by atoms with Gasteiger partial charge in [0.1, 0.15) is 0 Å². The van der Waals surface area contributed by atoms with Crippen molar-refractivity contribution in [2.45, 2.75) is 6.42 Å². The average Bonchev–Trinajstić information content (AvgIpc) is 2.54. The summed E-state index contributed by atoms with van der Waals surface area (Å²) < 4.78 is 0. The number of benzene rings is 2. The van der Waals surface area contributed by atoms with E-state index in [2.05, 4.69) is 0 Å². The number of ketones is 2. The van der Waals surface area contributed by atoms with Crippen molar-refractivity contribution in [2.24, 2.45) is 0 Å². The number of carbonyl (C=O) groups is 2. The van der Waals surface area contributed by atoms with Crippen LogP contribution in [-0.4, -0.2) is 11.6 Å². The molecule has 0 heterocycles. The first-order valence-electron chi connectivity index (χ1n) is 5.05. The first-order chi connectivity index (χ1) is 8.06. The molecule has 0 unspecified atom stereocenters. The van der Waals surface area contributed by atoms with E-state index in [1.54, 1.807) is 24.3 Å². The molecular formula is C13H6Cl2O2. The molecule has 3 rings (SSSR count). The SMILES string of the molecule is O=C1CC(=O)c2cc3cc(Cl)c(Cl)cc3cc21. The van der Waals surface area contributed by atoms with Gasteiger partial charge >= 0.3 is 0 Å². The molecule has 0 aromatic heterocycles. The number of hydrogen-bond donors (Lipinski definition) is 0. The molecule has 17 heavy (non-hydrogen) atoms. The quantitative estimate of drug-likeness (QED) is 0.676. The Labute approximate surface area is 107 Å². The molecule has 0 bridgehead atoms. The van der Waals surface area contributed by atoms with Crippen LogP contribution in [0.1, 0.15) is 27.1 Å². The normalized spacial score (nSPS) is 14.5. The summed E-state index contributed by atoms with van der Waals surface area (Å²) in [5.41, 5.74) is 0.974. The monoisotopic (exact) mass is 264 g/mol. The van der Waals surface area contributed by atoms with E-state index in [1.165, 1.54) is 0 Å². The summed E-state index contributed by atoms with van der Waals surface area (Å²) in [6.07, 6.45) is -0.0346. The zero-order chi connectivity index (χ0) is 12.2. The van der Waals surface area contributed by atoms with E-state index in [-0.39, 0.29) is 18.0 Å². The Morgan fingerprint density at radius 2 is 1.18 bits per heavy atom. The fourth-order valence-corrected chi connectivity index (χ4v) is 2.44. The molecule has 4 heteroatoms. The van der Waals surface area contributed by atoms with Crippen LogP contribution in [0.5, 0.6) is 0 Å². The molecule has 0 fully saturated rings. The Morgan fingerprint density at radius 3 is 1.59 bits per heavy atom. The lowest BCUT2D eigenvalue weighted by Crippen LogP contribution is -1.91. The lowest BCUT2D eigenvalue weighted by Gasteiger charge is -2.04. The molecule has 0 saturated carbocycles. The number of fused-ring (bicyclic) bond motifs is 2. The molecule has 0 radical (unpaired) electrons. The van der Waals surface area contributed by atoms with Crippen LogP contribution in [0.2, 0.25) is 10.0 Å². The number of halogens is 2. The summed E-state index contributed by atoms with van der Waals surface area (Å²) in [4.78, 5) is 23.2. The molecule has 1 aliphatic carbocycles. The highest BCUT2D eigenvalue weighted by Crippen LogP contribution is 2.32. The van der Waals surface area contributed by atoms with Gasteiger partial charge in [-0.15, -0.1) is 0 Å². The van der Waals surface area contributed by atoms with Crippen molar-refractivity contribution < 1.29 is 9.59 Å². The van der Waals surface area contributed by atoms with E-state index in [1.807, 2.05) is 0 Å². The first-order valence-corrected chi connectivity index (χ1v) is 5.81. The Morgan fingerprint density at radius 1 is 0.765 bits per heavy atom. The fourth-order valence-electron chi connectivity index (χ4n) is 2.09. The molecule has 2 nitrogen and oxygen atoms in total. The minimum atomic E-state index is -0.127. The van der Waals surface area contributed by atoms with Crippen LogP contribution in [0.25, 0.3) is 10.8 Å². The number of hydrogen-bond acceptors (Lipinski definition) is 2. The topological polar surface area (TPSA) is 34.1 Å². The summed E-state index contributed by atoms with van der Waals surface area (Å²) >= 11 is 11.8. The van der Waals surface area contributed by atoms with Gasteiger partial charge in [-0.05, 0) is 35.0 Å². The zero-order valence-electron chi connectivity index (χ0n) is 8.59. The minimum absolute atomic E-state index is 0.0346. The molecule has 0 atom stereocenters. The first kappa shape index (κ1) is 10.8. The molecule has 0 saturated heterocycles. The van der Waals surface area contributed by atoms with Crippen molar-refractivity contribution in [3.8, 4) is 0 Å². The van der Waals surface area contributed by atoms with Crippen LogP contribution < -0.4 is 0 Å². The van der Waals surface area contributed by atoms with E-state index < -0.39 is 0 Å². The predicted molar refractivity (Wildman–Crippen MR) is 67.2 cm³/mol. The van der Waals surface area contributed by atoms with Crippen molar-refractivity contribution in [3.63, 3.8) is 0 Å². The third-order valence-corrected chi connectivity index (χ3v) is 3.66. The van der Waals surface area contributed by atoms with Gasteiger partial charge in [0.2, 0.25) is 0 Å². The Kier molecular flexibility index (Phi) is 2.25. The van der Waals surface area contributed by atoms with Crippen LogP contribution in [0.3, 0.4) is 0 Å². The summed E-state index contributed by atoms with van der Waals surface area (Å²) in [6.45, 7) is 0. The number of Topliss-reactive ketones (excluding diaryl/α,β-unsaturated/α-hetero) is 2. The molecular weight excluding hydrogens is 259 g/mol. The van der Waals surface area contributed by atoms with E-state index in [9.17, 15) is 9.59 Å². The maximum atomic E-state index is 11.6. The molecule has 2 aromatic rings. The summed E-state index contributed by atoms with van der Waals surface area (Å²) in [7, 11) is 0. The molecule has 2 aromatic carbocycles. The lowest BCUT2D eigenvalue weighted by molar-refractivity contribution is 0.0923. The molecule has 0 N–H and O–H groups in total. The van der Waals surface area contributed by atoms with Crippen molar-refractivity contribution in [1.29, 1.82) is 0 Å². The third-order valence-electron chi connectivity index (χ3n) is 2.94. The smallest absolute Gasteiger partial charge is 0.171 e. The molecule has 0 spiro atoms. The summed E-state index contributed by atoms with van der Waals surface area (Å²) in [6, 6.07) is 6.82. The van der Waals surface area contributed by atoms with Gasteiger partial charge in [-0.3, -0.25) is 9.59 Å². The van der Waals surface area contributed by atoms with Gasteiger partial charge in [-0.2, -0.15) is 0 Å². The molecule has 84 valence electrons. The Balaban J connectivity index is 2.39. The third kappa shape index (κ3) is 1.56. The maximum Gasteiger partial charge on any atom is 0.171 e. The van der Waals surface area contributed by atoms with E-state index >= 15 is 0 Å². The van der Waals surface area contributed by atoms with Crippen LogP contribution >= 0.6 is 23.2 Å². The summed E-state index contributed by atoms with van der Waals surface area (Å²) in [5, 5.41) is 2.52. The van der Waals surface area contributed by atoms with Gasteiger partial charge < -0.3 is 0 Å². The zero-order valence-corrected chi connectivity index (χ0v) is 10.1. The van der Waals surface area contributed by atoms with E-state index in [4.69, 9.17) is 23.2 Å². The van der Waals surface area contributed by atoms with Crippen LogP contribution in [-0.2, 0) is 0 Å². The van der Waals surface area contributed by atoms with Gasteiger partial charge in [0, 0.05) is 11.1 Å². The molecule has 0 amide bonds. The van der Waals surface area contributed by atoms with Crippen LogP contribution in [0.15, 0.2) is 24.3 Å². The highest BCUT2D eigenvalue weighted by atomic mass is 35.5. The van der Waals surface area contributed by atoms with Crippen molar-refractivity contribution in [2.75, 3.05) is 0 Å². The largest absolute Gasteiger partial charge is 0.294 e. The lowest BCUT2D eigenvalue weighted by atomic mass is 10.0. The summed E-state index contributed by atoms with van der Waals surface area (Å²) in [5.74, 6) is -0.254. The average molecular weight is 265 g/mol. The van der Waals surface area contributed by atoms with Gasteiger partial charge in [-0.25, -0.2) is 0 Å². The maximum absolute atomic E-state index is 11.6. The number of carbonyl (C=O) groups excluding carboxylic acids is 2. The fraction of sp³-hybridized carbons (Fsp3) is 0.0769. The van der Waals surface area contributed by atoms with E-state index in [0.29, 0.717) is 21.2 Å². The second-order valence-corrected chi connectivity index (χ2v) is 4.85. The Bertz CT molecular complexity index is 631. The number of rotatable bonds is 0. The second-order valence-electron chi connectivity index (χ2n) is 4.03. The van der Waals surface area contributed by atoms with Crippen LogP contribution in [0.4, 0.5) is 0 Å². The molecule has 0 aliphatic heterocycles. The van der Waals surface area contributed by atoms with Gasteiger partial charge in [0.15, 0.2) is 11.6 Å². The van der Waals surface area contributed by atoms with Gasteiger partial charge in [-0.1, -0.05) is 23.2 Å². The predicted octanol–water partition coefficient (Wildman–Crippen LogP) is 3.92. The van der Waals surface area contributed by atoms with Crippen molar-refractivity contribution in [3.05, 3.63) is 45.4 Å². The Hall–Kier alpha value is -1.38. The van der Waals surface area contributed by atoms with Gasteiger partial charge in [0.05, 0.1) is 16.5 Å².